The smallest absolute Gasteiger partial charge is 0.223 e. The molecular formula is C18H25N5O2S. The van der Waals surface area contributed by atoms with Crippen molar-refractivity contribution in [2.45, 2.75) is 44.0 Å². The van der Waals surface area contributed by atoms with Gasteiger partial charge < -0.3 is 10.6 Å². The number of aryl methyl sites for hydroxylation is 2. The SMILES string of the molecule is Cc1cc(C)c(CNc2ncc(S(C)(=O)=O)c([C@@H]3CCCNC3)n2)cn1. The lowest BCUT2D eigenvalue weighted by molar-refractivity contribution is 0.448. The summed E-state index contributed by atoms with van der Waals surface area (Å²) in [7, 11) is -3.37. The van der Waals surface area contributed by atoms with Crippen LogP contribution in [0.25, 0.3) is 0 Å². The minimum Gasteiger partial charge on any atom is -0.350 e. The van der Waals surface area contributed by atoms with Gasteiger partial charge in [-0.25, -0.2) is 18.4 Å². The van der Waals surface area contributed by atoms with Crippen molar-refractivity contribution in [1.82, 2.24) is 20.3 Å². The number of pyridine rings is 1. The molecule has 1 aliphatic rings. The van der Waals surface area contributed by atoms with Crippen LogP contribution in [-0.2, 0) is 16.4 Å². The average molecular weight is 375 g/mol. The van der Waals surface area contributed by atoms with Gasteiger partial charge in [-0.1, -0.05) is 0 Å². The molecule has 0 aromatic carbocycles. The van der Waals surface area contributed by atoms with Crippen molar-refractivity contribution in [2.24, 2.45) is 0 Å². The fraction of sp³-hybridized carbons (Fsp3) is 0.500. The van der Waals surface area contributed by atoms with Gasteiger partial charge in [-0.15, -0.1) is 0 Å². The van der Waals surface area contributed by atoms with E-state index in [-0.39, 0.29) is 10.8 Å². The zero-order valence-corrected chi connectivity index (χ0v) is 16.2. The summed E-state index contributed by atoms with van der Waals surface area (Å²) in [5.41, 5.74) is 3.80. The van der Waals surface area contributed by atoms with Gasteiger partial charge >= 0.3 is 0 Å². The molecule has 0 saturated carbocycles. The van der Waals surface area contributed by atoms with E-state index in [2.05, 4.69) is 25.6 Å². The van der Waals surface area contributed by atoms with Crippen LogP contribution in [0.5, 0.6) is 0 Å². The van der Waals surface area contributed by atoms with E-state index < -0.39 is 9.84 Å². The van der Waals surface area contributed by atoms with Crippen LogP contribution in [0.4, 0.5) is 5.95 Å². The Morgan fingerprint density at radius 3 is 2.73 bits per heavy atom. The second kappa shape index (κ2) is 7.67. The molecular weight excluding hydrogens is 350 g/mol. The van der Waals surface area contributed by atoms with Crippen molar-refractivity contribution in [3.05, 3.63) is 41.0 Å². The molecule has 1 saturated heterocycles. The molecule has 140 valence electrons. The second-order valence-electron chi connectivity index (χ2n) is 6.86. The van der Waals surface area contributed by atoms with E-state index in [1.54, 1.807) is 0 Å². The van der Waals surface area contributed by atoms with E-state index in [9.17, 15) is 8.42 Å². The number of piperidine rings is 1. The minimum atomic E-state index is -3.37. The standard InChI is InChI=1S/C18H25N5O2S/c1-12-7-13(2)20-9-15(12)10-21-18-22-11-16(26(3,24)25)17(23-18)14-5-4-6-19-8-14/h7,9,11,14,19H,4-6,8,10H2,1-3H3,(H,21,22,23)/t14-/m1/s1. The Morgan fingerprint density at radius 1 is 1.27 bits per heavy atom. The van der Waals surface area contributed by atoms with Gasteiger partial charge in [0.2, 0.25) is 5.95 Å². The largest absolute Gasteiger partial charge is 0.350 e. The van der Waals surface area contributed by atoms with Crippen molar-refractivity contribution in [3.8, 4) is 0 Å². The zero-order valence-electron chi connectivity index (χ0n) is 15.4. The van der Waals surface area contributed by atoms with Gasteiger partial charge in [-0.2, -0.15) is 0 Å². The molecule has 1 atom stereocenters. The number of anilines is 1. The molecule has 0 unspecified atom stereocenters. The van der Waals surface area contributed by atoms with Gasteiger partial charge in [0.1, 0.15) is 4.90 Å². The molecule has 0 radical (unpaired) electrons. The van der Waals surface area contributed by atoms with Gasteiger partial charge in [0.25, 0.3) is 0 Å². The maximum Gasteiger partial charge on any atom is 0.223 e. The first-order valence-electron chi connectivity index (χ1n) is 8.78. The molecule has 1 fully saturated rings. The normalized spacial score (nSPS) is 17.9. The molecule has 0 aliphatic carbocycles. The van der Waals surface area contributed by atoms with E-state index >= 15 is 0 Å². The summed E-state index contributed by atoms with van der Waals surface area (Å²) in [6.45, 7) is 6.24. The summed E-state index contributed by atoms with van der Waals surface area (Å²) >= 11 is 0. The maximum absolute atomic E-state index is 12.1. The van der Waals surface area contributed by atoms with Crippen LogP contribution in [0.3, 0.4) is 0 Å². The van der Waals surface area contributed by atoms with E-state index in [0.717, 1.165) is 42.8 Å². The highest BCUT2D eigenvalue weighted by Crippen LogP contribution is 2.28. The summed E-state index contributed by atoms with van der Waals surface area (Å²) in [5.74, 6) is 0.526. The summed E-state index contributed by atoms with van der Waals surface area (Å²) < 4.78 is 24.3. The highest BCUT2D eigenvalue weighted by molar-refractivity contribution is 7.90. The van der Waals surface area contributed by atoms with E-state index in [1.165, 1.54) is 12.5 Å². The van der Waals surface area contributed by atoms with Gasteiger partial charge in [0.05, 0.1) is 11.9 Å². The number of hydrogen-bond donors (Lipinski definition) is 2. The monoisotopic (exact) mass is 375 g/mol. The van der Waals surface area contributed by atoms with Gasteiger partial charge in [-0.05, 0) is 50.4 Å². The molecule has 0 bridgehead atoms. The van der Waals surface area contributed by atoms with Gasteiger partial charge in [-0.3, -0.25) is 4.98 Å². The maximum atomic E-state index is 12.1. The lowest BCUT2D eigenvalue weighted by atomic mass is 9.96. The first kappa shape index (κ1) is 18.7. The van der Waals surface area contributed by atoms with Crippen LogP contribution >= 0.6 is 0 Å². The number of nitrogens with one attached hydrogen (secondary N) is 2. The van der Waals surface area contributed by atoms with Crippen molar-refractivity contribution in [3.63, 3.8) is 0 Å². The fourth-order valence-electron chi connectivity index (χ4n) is 3.22. The summed E-state index contributed by atoms with van der Waals surface area (Å²) in [6, 6.07) is 2.03. The van der Waals surface area contributed by atoms with Crippen LogP contribution in [0.1, 0.15) is 41.3 Å². The predicted molar refractivity (Wildman–Crippen MR) is 101 cm³/mol. The average Bonchev–Trinajstić information content (AvgIpc) is 2.61. The molecule has 8 heteroatoms. The van der Waals surface area contributed by atoms with Crippen molar-refractivity contribution >= 4 is 15.8 Å². The quantitative estimate of drug-likeness (QED) is 0.824. The summed E-state index contributed by atoms with van der Waals surface area (Å²) in [6.07, 6.45) is 6.41. The Bertz CT molecular complexity index is 892. The number of hydrogen-bond acceptors (Lipinski definition) is 7. The Kier molecular flexibility index (Phi) is 5.52. The Hall–Kier alpha value is -2.06. The molecule has 2 aromatic heterocycles. The fourth-order valence-corrected chi connectivity index (χ4v) is 4.05. The third-order valence-corrected chi connectivity index (χ3v) is 5.77. The van der Waals surface area contributed by atoms with E-state index in [0.29, 0.717) is 18.2 Å². The van der Waals surface area contributed by atoms with Crippen molar-refractivity contribution in [2.75, 3.05) is 24.7 Å². The van der Waals surface area contributed by atoms with Crippen molar-refractivity contribution in [1.29, 1.82) is 0 Å². The van der Waals surface area contributed by atoms with Gasteiger partial charge in [0, 0.05) is 37.2 Å². The first-order chi connectivity index (χ1) is 12.3. The number of aromatic nitrogens is 3. The molecule has 7 nitrogen and oxygen atoms in total. The molecule has 1 aliphatic heterocycles. The molecule has 2 aromatic rings. The third kappa shape index (κ3) is 4.37. The minimum absolute atomic E-state index is 0.0832. The number of nitrogens with zero attached hydrogens (tertiary/aromatic N) is 3. The van der Waals surface area contributed by atoms with Crippen LogP contribution in [0, 0.1) is 13.8 Å². The Balaban J connectivity index is 1.86. The second-order valence-corrected chi connectivity index (χ2v) is 8.85. The predicted octanol–water partition coefficient (Wildman–Crippen LogP) is 1.97. The molecule has 3 rings (SSSR count). The molecule has 2 N–H and O–H groups in total. The summed E-state index contributed by atoms with van der Waals surface area (Å²) in [4.78, 5) is 13.3. The number of rotatable bonds is 5. The van der Waals surface area contributed by atoms with Gasteiger partial charge in [0.15, 0.2) is 9.84 Å². The van der Waals surface area contributed by atoms with E-state index in [4.69, 9.17) is 0 Å². The molecule has 0 amide bonds. The van der Waals surface area contributed by atoms with Crippen LogP contribution in [0.15, 0.2) is 23.4 Å². The Morgan fingerprint density at radius 2 is 2.08 bits per heavy atom. The molecule has 0 spiro atoms. The molecule has 26 heavy (non-hydrogen) atoms. The molecule has 3 heterocycles. The first-order valence-corrected chi connectivity index (χ1v) is 10.7. The third-order valence-electron chi connectivity index (χ3n) is 4.66. The highest BCUT2D eigenvalue weighted by Gasteiger charge is 2.25. The highest BCUT2D eigenvalue weighted by atomic mass is 32.2. The van der Waals surface area contributed by atoms with E-state index in [1.807, 2.05) is 26.1 Å². The number of sulfone groups is 1. The summed E-state index contributed by atoms with van der Waals surface area (Å²) in [5, 5.41) is 6.52. The van der Waals surface area contributed by atoms with Crippen molar-refractivity contribution < 1.29 is 8.42 Å². The van der Waals surface area contributed by atoms with Crippen LogP contribution < -0.4 is 10.6 Å². The lowest BCUT2D eigenvalue weighted by Crippen LogP contribution is -2.30. The zero-order chi connectivity index (χ0) is 18.7. The topological polar surface area (TPSA) is 96.9 Å². The lowest BCUT2D eigenvalue weighted by Gasteiger charge is -2.24. The van der Waals surface area contributed by atoms with Crippen LogP contribution in [0.2, 0.25) is 0 Å². The van der Waals surface area contributed by atoms with Crippen LogP contribution in [-0.4, -0.2) is 42.7 Å². The Labute approximate surface area is 154 Å².